The summed E-state index contributed by atoms with van der Waals surface area (Å²) in [7, 11) is 0. The number of carbonyl (C=O) groups is 3. The number of hydrogen-bond acceptors (Lipinski definition) is 4. The van der Waals surface area contributed by atoms with Crippen LogP contribution in [0.2, 0.25) is 0 Å². The van der Waals surface area contributed by atoms with Crippen LogP contribution in [0.4, 0.5) is 4.39 Å². The predicted octanol–water partition coefficient (Wildman–Crippen LogP) is 7.50. The molecule has 1 N–H and O–H groups in total. The largest absolute Gasteiger partial charge is 0.494 e. The predicted molar refractivity (Wildman–Crippen MR) is 160 cm³/mol. The van der Waals surface area contributed by atoms with E-state index in [0.29, 0.717) is 17.7 Å². The molecule has 1 heterocycles. The monoisotopic (exact) mass is 553 g/mol. The lowest BCUT2D eigenvalue weighted by molar-refractivity contribution is -0.123. The first-order chi connectivity index (χ1) is 20.0. The van der Waals surface area contributed by atoms with Crippen molar-refractivity contribution in [2.45, 2.75) is 57.8 Å². The number of rotatable bonds is 16. The summed E-state index contributed by atoms with van der Waals surface area (Å²) in [5, 5.41) is 2.28. The van der Waals surface area contributed by atoms with Crippen LogP contribution in [0.1, 0.15) is 78.4 Å². The summed E-state index contributed by atoms with van der Waals surface area (Å²) in [6.07, 6.45) is 15.1. The second-order valence-electron chi connectivity index (χ2n) is 10.3. The molecule has 0 spiro atoms. The molecule has 0 saturated heterocycles. The highest BCUT2D eigenvalue weighted by molar-refractivity contribution is 6.33. The van der Waals surface area contributed by atoms with Crippen LogP contribution in [0.25, 0.3) is 11.6 Å². The highest BCUT2D eigenvalue weighted by Crippen LogP contribution is 2.20. The molecule has 3 aromatic rings. The van der Waals surface area contributed by atoms with E-state index in [2.05, 4.69) is 5.32 Å². The fourth-order valence-electron chi connectivity index (χ4n) is 4.72. The molecule has 0 unspecified atom stereocenters. The van der Waals surface area contributed by atoms with Gasteiger partial charge < -0.3 is 4.74 Å². The molecule has 5 nitrogen and oxygen atoms in total. The van der Waals surface area contributed by atoms with Crippen molar-refractivity contribution in [2.75, 3.05) is 6.61 Å². The molecular formula is C35H36FNO4. The van der Waals surface area contributed by atoms with Gasteiger partial charge in [-0.1, -0.05) is 81.0 Å². The first kappa shape index (κ1) is 29.7. The zero-order chi connectivity index (χ0) is 28.9. The Morgan fingerprint density at radius 2 is 1.39 bits per heavy atom. The number of halogens is 1. The molecule has 0 radical (unpaired) electrons. The van der Waals surface area contributed by atoms with Crippen LogP contribution in [0, 0.1) is 5.82 Å². The number of ether oxygens (including phenoxy) is 1. The molecule has 4 rings (SSSR count). The van der Waals surface area contributed by atoms with E-state index < -0.39 is 0 Å². The molecule has 3 aromatic carbocycles. The molecule has 0 fully saturated rings. The second kappa shape index (κ2) is 15.5. The normalized spacial score (nSPS) is 13.0. The summed E-state index contributed by atoms with van der Waals surface area (Å²) < 4.78 is 18.9. The van der Waals surface area contributed by atoms with E-state index in [9.17, 15) is 18.8 Å². The van der Waals surface area contributed by atoms with Crippen LogP contribution in [-0.4, -0.2) is 24.2 Å². The smallest absolute Gasteiger partial charge is 0.258 e. The van der Waals surface area contributed by atoms with Gasteiger partial charge in [-0.05, 0) is 78.4 Å². The first-order valence-electron chi connectivity index (χ1n) is 14.3. The average Bonchev–Trinajstić information content (AvgIpc) is 3.33. The summed E-state index contributed by atoms with van der Waals surface area (Å²) in [6.45, 7) is 0.690. The van der Waals surface area contributed by atoms with Gasteiger partial charge in [-0.25, -0.2) is 4.39 Å². The Balaban J connectivity index is 1.00. The minimum absolute atomic E-state index is 0.163. The van der Waals surface area contributed by atoms with Gasteiger partial charge in [0.1, 0.15) is 11.6 Å². The van der Waals surface area contributed by atoms with E-state index in [1.165, 1.54) is 74.1 Å². The van der Waals surface area contributed by atoms with Crippen LogP contribution in [0.3, 0.4) is 0 Å². The van der Waals surface area contributed by atoms with Crippen molar-refractivity contribution in [1.82, 2.24) is 5.32 Å². The Morgan fingerprint density at radius 3 is 2.02 bits per heavy atom. The summed E-state index contributed by atoms with van der Waals surface area (Å²) in [5.41, 5.74) is 3.83. The number of imide groups is 1. The van der Waals surface area contributed by atoms with Gasteiger partial charge >= 0.3 is 0 Å². The number of ketones is 1. The van der Waals surface area contributed by atoms with Crippen LogP contribution in [0.5, 0.6) is 5.75 Å². The SMILES string of the molecule is O=C1C=C(c2ccc(CCCCCCCCCCOc3ccc(C=CC(=O)c4ccc(F)cc4)cc3)cc2)C(=O)N1. The number of carbonyl (C=O) groups excluding carboxylic acids is 3. The Bertz CT molecular complexity index is 1370. The van der Waals surface area contributed by atoms with E-state index >= 15 is 0 Å². The molecule has 6 heteroatoms. The van der Waals surface area contributed by atoms with Crippen molar-refractivity contribution in [3.63, 3.8) is 0 Å². The van der Waals surface area contributed by atoms with Crippen molar-refractivity contribution >= 4 is 29.2 Å². The molecule has 212 valence electrons. The van der Waals surface area contributed by atoms with Crippen molar-refractivity contribution in [3.05, 3.63) is 113 Å². The van der Waals surface area contributed by atoms with Crippen LogP contribution in [-0.2, 0) is 16.0 Å². The van der Waals surface area contributed by atoms with Gasteiger partial charge in [-0.3, -0.25) is 19.7 Å². The van der Waals surface area contributed by atoms with Gasteiger partial charge in [0.15, 0.2) is 5.78 Å². The van der Waals surface area contributed by atoms with Gasteiger partial charge in [0.05, 0.1) is 12.2 Å². The van der Waals surface area contributed by atoms with E-state index in [-0.39, 0.29) is 23.4 Å². The van der Waals surface area contributed by atoms with E-state index in [4.69, 9.17) is 4.74 Å². The fraction of sp³-hybridized carbons (Fsp3) is 0.286. The maximum atomic E-state index is 13.0. The highest BCUT2D eigenvalue weighted by atomic mass is 19.1. The van der Waals surface area contributed by atoms with Gasteiger partial charge in [-0.15, -0.1) is 0 Å². The maximum absolute atomic E-state index is 13.0. The van der Waals surface area contributed by atoms with Crippen molar-refractivity contribution in [3.8, 4) is 5.75 Å². The number of nitrogens with one attached hydrogen (secondary N) is 1. The van der Waals surface area contributed by atoms with E-state index in [0.717, 1.165) is 42.6 Å². The summed E-state index contributed by atoms with van der Waals surface area (Å²) in [5.74, 6) is -0.383. The molecule has 0 aromatic heterocycles. The average molecular weight is 554 g/mol. The maximum Gasteiger partial charge on any atom is 0.258 e. The van der Waals surface area contributed by atoms with Crippen LogP contribution in [0.15, 0.2) is 84.9 Å². The highest BCUT2D eigenvalue weighted by Gasteiger charge is 2.21. The van der Waals surface area contributed by atoms with E-state index in [1.54, 1.807) is 6.08 Å². The third-order valence-corrected chi connectivity index (χ3v) is 7.09. The van der Waals surface area contributed by atoms with Crippen LogP contribution < -0.4 is 10.1 Å². The first-order valence-corrected chi connectivity index (χ1v) is 14.3. The summed E-state index contributed by atoms with van der Waals surface area (Å²) in [4.78, 5) is 35.3. The van der Waals surface area contributed by atoms with Gasteiger partial charge in [0, 0.05) is 11.6 Å². The minimum atomic E-state index is -0.359. The zero-order valence-electron chi connectivity index (χ0n) is 23.2. The number of allylic oxidation sites excluding steroid dienone is 1. The molecule has 41 heavy (non-hydrogen) atoms. The Morgan fingerprint density at radius 1 is 0.756 bits per heavy atom. The minimum Gasteiger partial charge on any atom is -0.494 e. The van der Waals surface area contributed by atoms with Crippen LogP contribution >= 0.6 is 0 Å². The number of aryl methyl sites for hydroxylation is 1. The third-order valence-electron chi connectivity index (χ3n) is 7.09. The van der Waals surface area contributed by atoms with Crippen molar-refractivity contribution in [2.24, 2.45) is 0 Å². The lowest BCUT2D eigenvalue weighted by atomic mass is 10.0. The summed E-state index contributed by atoms with van der Waals surface area (Å²) >= 11 is 0. The van der Waals surface area contributed by atoms with E-state index in [1.807, 2.05) is 48.5 Å². The lowest BCUT2D eigenvalue weighted by Gasteiger charge is -2.07. The molecular weight excluding hydrogens is 517 g/mol. The third kappa shape index (κ3) is 9.67. The Kier molecular flexibility index (Phi) is 11.2. The quantitative estimate of drug-likeness (QED) is 0.0863. The molecule has 0 saturated carbocycles. The number of hydrogen-bond donors (Lipinski definition) is 1. The topological polar surface area (TPSA) is 72.5 Å². The Labute approximate surface area is 241 Å². The molecule has 1 aliphatic rings. The van der Waals surface area contributed by atoms with Crippen molar-refractivity contribution < 1.29 is 23.5 Å². The molecule has 2 amide bonds. The van der Waals surface area contributed by atoms with Gasteiger partial charge in [-0.2, -0.15) is 0 Å². The summed E-state index contributed by atoms with van der Waals surface area (Å²) in [6, 6.07) is 21.1. The molecule has 0 aliphatic carbocycles. The zero-order valence-corrected chi connectivity index (χ0v) is 23.2. The second-order valence-corrected chi connectivity index (χ2v) is 10.3. The van der Waals surface area contributed by atoms with Crippen molar-refractivity contribution in [1.29, 1.82) is 0 Å². The Hall–Kier alpha value is -4.32. The number of amides is 2. The number of unbranched alkanes of at least 4 members (excludes halogenated alkanes) is 7. The molecule has 0 bridgehead atoms. The fourth-order valence-corrected chi connectivity index (χ4v) is 4.72. The molecule has 0 atom stereocenters. The molecule has 1 aliphatic heterocycles. The number of benzene rings is 3. The van der Waals surface area contributed by atoms with Gasteiger partial charge in [0.25, 0.3) is 11.8 Å². The lowest BCUT2D eigenvalue weighted by Crippen LogP contribution is -2.21. The van der Waals surface area contributed by atoms with Gasteiger partial charge in [0.2, 0.25) is 0 Å². The standard InChI is InChI=1S/C35H36FNO4/c36-30-19-17-29(18-20-30)33(38)23-14-27-12-21-31(22-13-27)41-24-8-6-4-2-1-3-5-7-9-26-10-15-28(16-11-26)32-25-34(39)37-35(32)40/h10-23,25H,1-9,24H2,(H,37,39,40).